The quantitative estimate of drug-likeness (QED) is 0.284. The number of hydrogen-bond acceptors (Lipinski definition) is 4. The van der Waals surface area contributed by atoms with E-state index in [0.29, 0.717) is 37.8 Å². The van der Waals surface area contributed by atoms with E-state index in [9.17, 15) is 9.60 Å². The van der Waals surface area contributed by atoms with Crippen molar-refractivity contribution in [2.75, 3.05) is 37.7 Å². The van der Waals surface area contributed by atoms with Gasteiger partial charge in [0.25, 0.3) is 0 Å². The Bertz CT molecular complexity index is 900. The van der Waals surface area contributed by atoms with Gasteiger partial charge in [0.15, 0.2) is 0 Å². The standard InChI is InChI=1S/C23H29ClFN5O2/c1-2-3-16-32-23(30(31)17-18-4-6-19(24)7-5-18)27-22(26)29-14-12-28(13-15-29)21-10-8-20(25)9-11-21/h4-11,26,31H,2-3,12-17H2,1H3/b26-22?,27-23+. The number of ether oxygens (including phenoxy) is 1. The summed E-state index contributed by atoms with van der Waals surface area (Å²) in [6.07, 6.45) is 1.76. The van der Waals surface area contributed by atoms with E-state index in [-0.39, 0.29) is 24.3 Å². The van der Waals surface area contributed by atoms with E-state index >= 15 is 0 Å². The van der Waals surface area contributed by atoms with Crippen LogP contribution in [-0.2, 0) is 11.3 Å². The number of piperazine rings is 1. The van der Waals surface area contributed by atoms with Crippen LogP contribution in [0.3, 0.4) is 0 Å². The van der Waals surface area contributed by atoms with E-state index < -0.39 is 0 Å². The van der Waals surface area contributed by atoms with Crippen LogP contribution in [0.5, 0.6) is 0 Å². The lowest BCUT2D eigenvalue weighted by molar-refractivity contribution is -0.0490. The van der Waals surface area contributed by atoms with Crippen LogP contribution in [0.1, 0.15) is 25.3 Å². The number of halogens is 2. The molecule has 3 rings (SSSR count). The second-order valence-electron chi connectivity index (χ2n) is 7.55. The monoisotopic (exact) mass is 461 g/mol. The third kappa shape index (κ3) is 6.83. The summed E-state index contributed by atoms with van der Waals surface area (Å²) in [5.41, 5.74) is 1.79. The van der Waals surface area contributed by atoms with Gasteiger partial charge in [-0.1, -0.05) is 37.1 Å². The minimum Gasteiger partial charge on any atom is -0.463 e. The molecule has 1 saturated heterocycles. The second-order valence-corrected chi connectivity index (χ2v) is 7.99. The van der Waals surface area contributed by atoms with E-state index in [2.05, 4.69) is 9.89 Å². The van der Waals surface area contributed by atoms with Gasteiger partial charge >= 0.3 is 6.02 Å². The number of rotatable bonds is 6. The lowest BCUT2D eigenvalue weighted by Crippen LogP contribution is -2.48. The van der Waals surface area contributed by atoms with Crippen LogP contribution in [0.2, 0.25) is 5.02 Å². The van der Waals surface area contributed by atoms with Crippen molar-refractivity contribution < 1.29 is 14.3 Å². The summed E-state index contributed by atoms with van der Waals surface area (Å²) in [5.74, 6) is -0.225. The van der Waals surface area contributed by atoms with Gasteiger partial charge in [-0.2, -0.15) is 4.99 Å². The van der Waals surface area contributed by atoms with Crippen LogP contribution < -0.4 is 4.90 Å². The molecule has 0 aliphatic carbocycles. The molecule has 0 atom stereocenters. The molecular weight excluding hydrogens is 433 g/mol. The van der Waals surface area contributed by atoms with Crippen molar-refractivity contribution in [3.8, 4) is 0 Å². The van der Waals surface area contributed by atoms with Crippen LogP contribution in [0, 0.1) is 11.2 Å². The van der Waals surface area contributed by atoms with Crippen LogP contribution in [0.4, 0.5) is 10.1 Å². The first-order valence-corrected chi connectivity index (χ1v) is 11.1. The molecule has 7 nitrogen and oxygen atoms in total. The Hall–Kier alpha value is -2.84. The van der Waals surface area contributed by atoms with Crippen molar-refractivity contribution >= 4 is 29.3 Å². The first kappa shape index (κ1) is 23.8. The number of unbranched alkanes of at least 4 members (excludes halogenated alkanes) is 1. The molecule has 32 heavy (non-hydrogen) atoms. The highest BCUT2D eigenvalue weighted by atomic mass is 35.5. The van der Waals surface area contributed by atoms with Gasteiger partial charge < -0.3 is 14.5 Å². The average molecular weight is 462 g/mol. The number of aliphatic imine (C=N–C) groups is 1. The Morgan fingerprint density at radius 1 is 1.12 bits per heavy atom. The van der Waals surface area contributed by atoms with Crippen molar-refractivity contribution in [3.05, 3.63) is 64.9 Å². The zero-order valence-electron chi connectivity index (χ0n) is 18.2. The van der Waals surface area contributed by atoms with Crippen molar-refractivity contribution in [3.63, 3.8) is 0 Å². The fraction of sp³-hybridized carbons (Fsp3) is 0.391. The number of hydroxylamine groups is 2. The predicted molar refractivity (Wildman–Crippen MR) is 125 cm³/mol. The molecule has 9 heteroatoms. The molecule has 2 aromatic carbocycles. The number of nitrogens with zero attached hydrogens (tertiary/aromatic N) is 4. The van der Waals surface area contributed by atoms with Gasteiger partial charge in [0.05, 0.1) is 13.2 Å². The zero-order chi connectivity index (χ0) is 22.9. The highest BCUT2D eigenvalue weighted by Crippen LogP contribution is 2.17. The summed E-state index contributed by atoms with van der Waals surface area (Å²) in [6, 6.07) is 13.5. The topological polar surface area (TPSA) is 75.4 Å². The lowest BCUT2D eigenvalue weighted by atomic mass is 10.2. The maximum absolute atomic E-state index is 13.2. The number of anilines is 1. The van der Waals surface area contributed by atoms with E-state index in [1.165, 1.54) is 12.1 Å². The Labute approximate surface area is 193 Å². The smallest absolute Gasteiger partial charge is 0.320 e. The molecule has 0 bridgehead atoms. The average Bonchev–Trinajstić information content (AvgIpc) is 2.80. The maximum atomic E-state index is 13.2. The number of amidine groups is 1. The van der Waals surface area contributed by atoms with E-state index in [0.717, 1.165) is 29.2 Å². The fourth-order valence-corrected chi connectivity index (χ4v) is 3.42. The van der Waals surface area contributed by atoms with Crippen LogP contribution in [0.15, 0.2) is 53.5 Å². The van der Waals surface area contributed by atoms with Crippen molar-refractivity contribution in [2.24, 2.45) is 4.99 Å². The molecule has 172 valence electrons. The largest absolute Gasteiger partial charge is 0.463 e. The second kappa shape index (κ2) is 11.7. The molecule has 0 amide bonds. The van der Waals surface area contributed by atoms with Gasteiger partial charge in [0, 0.05) is 36.9 Å². The van der Waals surface area contributed by atoms with Crippen molar-refractivity contribution in [2.45, 2.75) is 26.3 Å². The normalized spacial score (nSPS) is 14.4. The van der Waals surface area contributed by atoms with Gasteiger partial charge in [0.1, 0.15) is 5.82 Å². The minimum absolute atomic E-state index is 0.000589. The van der Waals surface area contributed by atoms with Gasteiger partial charge in [-0.15, -0.1) is 0 Å². The number of guanidine groups is 1. The summed E-state index contributed by atoms with van der Waals surface area (Å²) in [4.78, 5) is 8.26. The highest BCUT2D eigenvalue weighted by molar-refractivity contribution is 6.30. The SMILES string of the molecule is CCCCO/C(=N/C(=N)N1CCN(c2ccc(F)cc2)CC1)N(O)Cc1ccc(Cl)cc1. The van der Waals surface area contributed by atoms with E-state index in [4.69, 9.17) is 21.7 Å². The molecular formula is C23H29ClFN5O2. The summed E-state index contributed by atoms with van der Waals surface area (Å²) in [6.45, 7) is 5.15. The van der Waals surface area contributed by atoms with E-state index in [1.807, 2.05) is 24.0 Å². The molecule has 1 heterocycles. The van der Waals surface area contributed by atoms with Crippen LogP contribution in [-0.4, -0.2) is 59.9 Å². The summed E-state index contributed by atoms with van der Waals surface area (Å²) < 4.78 is 18.9. The zero-order valence-corrected chi connectivity index (χ0v) is 18.9. The molecule has 1 aliphatic heterocycles. The van der Waals surface area contributed by atoms with Crippen molar-refractivity contribution in [1.29, 1.82) is 5.41 Å². The molecule has 0 saturated carbocycles. The number of nitrogens with one attached hydrogen (secondary N) is 1. The van der Waals surface area contributed by atoms with Crippen LogP contribution >= 0.6 is 11.6 Å². The maximum Gasteiger partial charge on any atom is 0.320 e. The Balaban J connectivity index is 1.62. The summed E-state index contributed by atoms with van der Waals surface area (Å²) >= 11 is 5.93. The Morgan fingerprint density at radius 3 is 2.41 bits per heavy atom. The molecule has 0 radical (unpaired) electrons. The van der Waals surface area contributed by atoms with Gasteiger partial charge in [0.2, 0.25) is 5.96 Å². The molecule has 2 N–H and O–H groups in total. The first-order valence-electron chi connectivity index (χ1n) is 10.7. The minimum atomic E-state index is -0.258. The molecule has 0 unspecified atom stereocenters. The molecule has 0 spiro atoms. The molecule has 0 aromatic heterocycles. The van der Waals surface area contributed by atoms with Crippen molar-refractivity contribution in [1.82, 2.24) is 9.96 Å². The highest BCUT2D eigenvalue weighted by Gasteiger charge is 2.21. The summed E-state index contributed by atoms with van der Waals surface area (Å²) in [7, 11) is 0. The van der Waals surface area contributed by atoms with E-state index in [1.54, 1.807) is 24.3 Å². The predicted octanol–water partition coefficient (Wildman–Crippen LogP) is 4.60. The molecule has 1 aliphatic rings. The summed E-state index contributed by atoms with van der Waals surface area (Å²) in [5, 5.41) is 20.5. The fourth-order valence-electron chi connectivity index (χ4n) is 3.29. The number of benzene rings is 2. The Kier molecular flexibility index (Phi) is 8.70. The van der Waals surface area contributed by atoms with Gasteiger partial charge in [-0.05, 0) is 48.4 Å². The van der Waals surface area contributed by atoms with Gasteiger partial charge in [-0.3, -0.25) is 10.6 Å². The Morgan fingerprint density at radius 2 is 1.78 bits per heavy atom. The third-order valence-electron chi connectivity index (χ3n) is 5.17. The first-order chi connectivity index (χ1) is 15.5. The lowest BCUT2D eigenvalue weighted by Gasteiger charge is -2.36. The number of hydrogen-bond donors (Lipinski definition) is 2. The van der Waals surface area contributed by atoms with Crippen LogP contribution in [0.25, 0.3) is 0 Å². The molecule has 2 aromatic rings. The third-order valence-corrected chi connectivity index (χ3v) is 5.42. The van der Waals surface area contributed by atoms with Gasteiger partial charge in [-0.25, -0.2) is 9.45 Å². The molecule has 1 fully saturated rings.